The molecule has 0 radical (unpaired) electrons. The van der Waals surface area contributed by atoms with Gasteiger partial charge in [-0.15, -0.1) is 11.8 Å². The first-order chi connectivity index (χ1) is 6.84. The molecule has 4 heteroatoms. The average Bonchev–Trinajstić information content (AvgIpc) is 3.00. The summed E-state index contributed by atoms with van der Waals surface area (Å²) in [6.45, 7) is 0. The summed E-state index contributed by atoms with van der Waals surface area (Å²) in [5, 5.41) is 2.95. The number of thioether (sulfide) groups is 1. The number of nitrogens with one attached hydrogen (secondary N) is 1. The zero-order valence-corrected chi connectivity index (χ0v) is 8.59. The molecule has 74 valence electrons. The van der Waals surface area contributed by atoms with Crippen LogP contribution in [0.25, 0.3) is 0 Å². The highest BCUT2D eigenvalue weighted by Crippen LogP contribution is 2.20. The fourth-order valence-corrected chi connectivity index (χ4v) is 1.78. The van der Waals surface area contributed by atoms with Crippen molar-refractivity contribution in [3.63, 3.8) is 0 Å². The molecule has 0 saturated heterocycles. The Kier molecular flexibility index (Phi) is 3.03. The van der Waals surface area contributed by atoms with E-state index in [1.54, 1.807) is 24.2 Å². The highest BCUT2D eigenvalue weighted by Gasteiger charge is 2.22. The van der Waals surface area contributed by atoms with Gasteiger partial charge in [-0.1, -0.05) is 0 Å². The molecule has 1 aromatic heterocycles. The highest BCUT2D eigenvalue weighted by atomic mass is 32.2. The average molecular weight is 208 g/mol. The van der Waals surface area contributed by atoms with Crippen molar-refractivity contribution < 1.29 is 4.79 Å². The summed E-state index contributed by atoms with van der Waals surface area (Å²) in [7, 11) is 0. The molecule has 0 spiro atoms. The SMILES string of the molecule is O=C(CSc1ccncc1)NC1CC1. The van der Waals surface area contributed by atoms with Gasteiger partial charge in [-0.25, -0.2) is 0 Å². The number of nitrogens with zero attached hydrogens (tertiary/aromatic N) is 1. The Morgan fingerprint density at radius 1 is 1.50 bits per heavy atom. The first-order valence-electron chi connectivity index (χ1n) is 4.67. The number of carbonyl (C=O) groups excluding carboxylic acids is 1. The molecule has 1 saturated carbocycles. The predicted octanol–water partition coefficient (Wildman–Crippen LogP) is 1.45. The van der Waals surface area contributed by atoms with Crippen molar-refractivity contribution >= 4 is 17.7 Å². The van der Waals surface area contributed by atoms with Crippen LogP contribution in [0.1, 0.15) is 12.8 Å². The third-order valence-electron chi connectivity index (χ3n) is 1.96. The number of carbonyl (C=O) groups is 1. The van der Waals surface area contributed by atoms with E-state index in [1.165, 1.54) is 0 Å². The van der Waals surface area contributed by atoms with E-state index in [-0.39, 0.29) is 5.91 Å². The lowest BCUT2D eigenvalue weighted by Gasteiger charge is -2.02. The molecule has 1 heterocycles. The Hall–Kier alpha value is -1.03. The largest absolute Gasteiger partial charge is 0.353 e. The molecule has 2 rings (SSSR count). The van der Waals surface area contributed by atoms with Crippen LogP contribution in [0.5, 0.6) is 0 Å². The van der Waals surface area contributed by atoms with Crippen LogP contribution in [-0.4, -0.2) is 22.7 Å². The molecule has 0 unspecified atom stereocenters. The predicted molar refractivity (Wildman–Crippen MR) is 56.1 cm³/mol. The number of hydrogen-bond donors (Lipinski definition) is 1. The van der Waals surface area contributed by atoms with Gasteiger partial charge in [0.05, 0.1) is 5.75 Å². The van der Waals surface area contributed by atoms with Crippen LogP contribution in [0, 0.1) is 0 Å². The molecule has 1 amide bonds. The first kappa shape index (κ1) is 9.52. The van der Waals surface area contributed by atoms with Crippen molar-refractivity contribution in [3.05, 3.63) is 24.5 Å². The summed E-state index contributed by atoms with van der Waals surface area (Å²) in [6, 6.07) is 4.28. The monoisotopic (exact) mass is 208 g/mol. The number of hydrogen-bond acceptors (Lipinski definition) is 3. The minimum absolute atomic E-state index is 0.134. The van der Waals surface area contributed by atoms with Gasteiger partial charge < -0.3 is 5.32 Å². The second kappa shape index (κ2) is 4.46. The fraction of sp³-hybridized carbons (Fsp3) is 0.400. The summed E-state index contributed by atoms with van der Waals surface area (Å²) in [5.41, 5.74) is 0. The smallest absolute Gasteiger partial charge is 0.230 e. The standard InChI is InChI=1S/C10H12N2OS/c13-10(12-8-1-2-8)7-14-9-3-5-11-6-4-9/h3-6,8H,1-2,7H2,(H,12,13). The van der Waals surface area contributed by atoms with Gasteiger partial charge in [-0.2, -0.15) is 0 Å². The van der Waals surface area contributed by atoms with Gasteiger partial charge in [-0.3, -0.25) is 9.78 Å². The quantitative estimate of drug-likeness (QED) is 0.761. The van der Waals surface area contributed by atoms with Gasteiger partial charge in [-0.05, 0) is 25.0 Å². The van der Waals surface area contributed by atoms with Crippen LogP contribution >= 0.6 is 11.8 Å². The maximum Gasteiger partial charge on any atom is 0.230 e. The third kappa shape index (κ3) is 3.03. The molecule has 0 aliphatic heterocycles. The molecule has 1 fully saturated rings. The lowest BCUT2D eigenvalue weighted by atomic mass is 10.5. The molecule has 0 aromatic carbocycles. The van der Waals surface area contributed by atoms with Crippen LogP contribution in [-0.2, 0) is 4.79 Å². The van der Waals surface area contributed by atoms with Gasteiger partial charge >= 0.3 is 0 Å². The molecule has 0 atom stereocenters. The van der Waals surface area contributed by atoms with E-state index in [4.69, 9.17) is 0 Å². The molecule has 1 aromatic rings. The summed E-state index contributed by atoms with van der Waals surface area (Å²) < 4.78 is 0. The van der Waals surface area contributed by atoms with Crippen molar-refractivity contribution in [2.45, 2.75) is 23.8 Å². The van der Waals surface area contributed by atoms with Gasteiger partial charge in [0, 0.05) is 23.3 Å². The van der Waals surface area contributed by atoms with Crippen LogP contribution in [0.2, 0.25) is 0 Å². The van der Waals surface area contributed by atoms with Crippen LogP contribution in [0.4, 0.5) is 0 Å². The lowest BCUT2D eigenvalue weighted by Crippen LogP contribution is -2.26. The zero-order chi connectivity index (χ0) is 9.80. The van der Waals surface area contributed by atoms with Gasteiger partial charge in [0.15, 0.2) is 0 Å². The normalized spacial score (nSPS) is 15.1. The molecule has 1 aliphatic rings. The van der Waals surface area contributed by atoms with Crippen molar-refractivity contribution in [1.82, 2.24) is 10.3 Å². The van der Waals surface area contributed by atoms with E-state index >= 15 is 0 Å². The number of aromatic nitrogens is 1. The Bertz CT molecular complexity index is 311. The number of amides is 1. The van der Waals surface area contributed by atoms with Crippen LogP contribution < -0.4 is 5.32 Å². The number of pyridine rings is 1. The highest BCUT2D eigenvalue weighted by molar-refractivity contribution is 8.00. The van der Waals surface area contributed by atoms with Crippen LogP contribution in [0.3, 0.4) is 0 Å². The topological polar surface area (TPSA) is 42.0 Å². The van der Waals surface area contributed by atoms with E-state index in [0.29, 0.717) is 11.8 Å². The van der Waals surface area contributed by atoms with Crippen LogP contribution in [0.15, 0.2) is 29.4 Å². The third-order valence-corrected chi connectivity index (χ3v) is 2.97. The number of rotatable bonds is 4. The van der Waals surface area contributed by atoms with E-state index in [9.17, 15) is 4.79 Å². The Morgan fingerprint density at radius 2 is 2.21 bits per heavy atom. The minimum Gasteiger partial charge on any atom is -0.353 e. The molecule has 3 nitrogen and oxygen atoms in total. The fourth-order valence-electron chi connectivity index (χ4n) is 1.08. The molecular weight excluding hydrogens is 196 g/mol. The van der Waals surface area contributed by atoms with Crippen molar-refractivity contribution in [1.29, 1.82) is 0 Å². The Balaban J connectivity index is 1.73. The summed E-state index contributed by atoms with van der Waals surface area (Å²) in [4.78, 5) is 16.3. The van der Waals surface area contributed by atoms with Crippen molar-refractivity contribution in [2.75, 3.05) is 5.75 Å². The van der Waals surface area contributed by atoms with Gasteiger partial charge in [0.2, 0.25) is 5.91 Å². The molecule has 1 aliphatic carbocycles. The molecular formula is C10H12N2OS. The summed E-state index contributed by atoms with van der Waals surface area (Å²) in [5.74, 6) is 0.634. The van der Waals surface area contributed by atoms with E-state index in [0.717, 1.165) is 17.7 Å². The summed E-state index contributed by atoms with van der Waals surface area (Å²) in [6.07, 6.45) is 5.76. The zero-order valence-electron chi connectivity index (χ0n) is 7.77. The maximum atomic E-state index is 11.3. The van der Waals surface area contributed by atoms with E-state index in [1.807, 2.05) is 12.1 Å². The molecule has 1 N–H and O–H groups in total. The van der Waals surface area contributed by atoms with Gasteiger partial charge in [0.25, 0.3) is 0 Å². The lowest BCUT2D eigenvalue weighted by molar-refractivity contribution is -0.118. The molecule has 0 bridgehead atoms. The van der Waals surface area contributed by atoms with Crippen molar-refractivity contribution in [2.24, 2.45) is 0 Å². The van der Waals surface area contributed by atoms with E-state index < -0.39 is 0 Å². The first-order valence-corrected chi connectivity index (χ1v) is 5.65. The second-order valence-electron chi connectivity index (χ2n) is 3.31. The van der Waals surface area contributed by atoms with E-state index in [2.05, 4.69) is 10.3 Å². The Morgan fingerprint density at radius 3 is 2.86 bits per heavy atom. The summed E-state index contributed by atoms with van der Waals surface area (Å²) >= 11 is 1.55. The minimum atomic E-state index is 0.134. The van der Waals surface area contributed by atoms with Crippen molar-refractivity contribution in [3.8, 4) is 0 Å². The maximum absolute atomic E-state index is 11.3. The molecule has 14 heavy (non-hydrogen) atoms. The van der Waals surface area contributed by atoms with Gasteiger partial charge in [0.1, 0.15) is 0 Å². The Labute approximate surface area is 87.3 Å². The second-order valence-corrected chi connectivity index (χ2v) is 4.36.